The lowest BCUT2D eigenvalue weighted by atomic mass is 10.1. The van der Waals surface area contributed by atoms with Crippen LogP contribution in [-0.4, -0.2) is 22.0 Å². The number of hydrogen-bond donors (Lipinski definition) is 2. The summed E-state index contributed by atoms with van der Waals surface area (Å²) >= 11 is 0. The molecule has 1 fully saturated rings. The van der Waals surface area contributed by atoms with Crippen molar-refractivity contribution >= 4 is 11.9 Å². The highest BCUT2D eigenvalue weighted by molar-refractivity contribution is 5.93. The maximum absolute atomic E-state index is 10.8. The Morgan fingerprint density at radius 1 is 1.35 bits per heavy atom. The molecule has 104 valence electrons. The Balaban J connectivity index is 0.000000205. The van der Waals surface area contributed by atoms with E-state index >= 15 is 0 Å². The van der Waals surface area contributed by atoms with E-state index < -0.39 is 5.97 Å². The van der Waals surface area contributed by atoms with Crippen LogP contribution in [0.15, 0.2) is 41.3 Å². The van der Waals surface area contributed by atoms with Crippen LogP contribution in [-0.2, 0) is 4.79 Å². The lowest BCUT2D eigenvalue weighted by Crippen LogP contribution is -2.11. The molecule has 3 N–H and O–H groups in total. The number of amides is 1. The molecule has 0 bridgehead atoms. The molecule has 0 unspecified atom stereocenters. The molecule has 0 saturated heterocycles. The first-order valence-electron chi connectivity index (χ1n) is 6.09. The summed E-state index contributed by atoms with van der Waals surface area (Å²) in [5.74, 6) is -0.929. The number of aromatic nitrogens is 1. The van der Waals surface area contributed by atoms with E-state index in [2.05, 4.69) is 4.98 Å². The van der Waals surface area contributed by atoms with Gasteiger partial charge in [-0.2, -0.15) is 0 Å². The Bertz CT molecular complexity index is 603. The van der Waals surface area contributed by atoms with Gasteiger partial charge in [0.05, 0.1) is 12.5 Å². The van der Waals surface area contributed by atoms with E-state index in [9.17, 15) is 9.59 Å². The number of nitrogens with two attached hydrogens (primary N) is 1. The third kappa shape index (κ3) is 3.44. The molecular formula is C14H14N2O4. The maximum Gasteiger partial charge on any atom is 0.355 e. The summed E-state index contributed by atoms with van der Waals surface area (Å²) in [5, 5.41) is 8.87. The standard InChI is InChI=1S/C10H7NO3.C4H7NO/c12-10(13)9-8(2-1-4-11-9)7-3-5-14-6-7;5-4(6)3-1-2-3/h1-6H,(H,12,13);3H,1-2H2,(H2,5,6). The van der Waals surface area contributed by atoms with Crippen molar-refractivity contribution in [3.05, 3.63) is 42.6 Å². The Morgan fingerprint density at radius 3 is 2.55 bits per heavy atom. The Labute approximate surface area is 115 Å². The van der Waals surface area contributed by atoms with Gasteiger partial charge in [-0.3, -0.25) is 4.79 Å². The lowest BCUT2D eigenvalue weighted by molar-refractivity contribution is -0.119. The van der Waals surface area contributed by atoms with Crippen LogP contribution in [0, 0.1) is 5.92 Å². The minimum Gasteiger partial charge on any atom is -0.476 e. The molecule has 1 amide bonds. The first-order valence-corrected chi connectivity index (χ1v) is 6.09. The molecule has 1 aliphatic rings. The molecular weight excluding hydrogens is 260 g/mol. The number of carbonyl (C=O) groups excluding carboxylic acids is 1. The molecule has 20 heavy (non-hydrogen) atoms. The zero-order valence-electron chi connectivity index (χ0n) is 10.7. The number of aromatic carboxylic acids is 1. The average molecular weight is 274 g/mol. The summed E-state index contributed by atoms with van der Waals surface area (Å²) in [6.07, 6.45) is 6.48. The Morgan fingerprint density at radius 2 is 2.10 bits per heavy atom. The van der Waals surface area contributed by atoms with Crippen molar-refractivity contribution in [1.82, 2.24) is 4.98 Å². The number of furan rings is 1. The number of pyridine rings is 1. The Kier molecular flexibility index (Phi) is 4.14. The molecule has 6 nitrogen and oxygen atoms in total. The molecule has 0 aliphatic heterocycles. The second-order valence-electron chi connectivity index (χ2n) is 4.39. The first-order chi connectivity index (χ1) is 9.59. The van der Waals surface area contributed by atoms with Crippen LogP contribution in [0.4, 0.5) is 0 Å². The number of primary amides is 1. The topological polar surface area (TPSA) is 106 Å². The number of rotatable bonds is 3. The fraction of sp³-hybridized carbons (Fsp3) is 0.214. The molecule has 1 aliphatic carbocycles. The van der Waals surface area contributed by atoms with Crippen molar-refractivity contribution in [3.63, 3.8) is 0 Å². The minimum atomic E-state index is -1.04. The second-order valence-corrected chi connectivity index (χ2v) is 4.39. The van der Waals surface area contributed by atoms with E-state index in [0.29, 0.717) is 5.56 Å². The molecule has 2 aromatic heterocycles. The fourth-order valence-electron chi connectivity index (χ4n) is 1.59. The summed E-state index contributed by atoms with van der Waals surface area (Å²) in [5.41, 5.74) is 6.18. The highest BCUT2D eigenvalue weighted by Gasteiger charge is 2.26. The largest absolute Gasteiger partial charge is 0.476 e. The van der Waals surface area contributed by atoms with Gasteiger partial charge in [-0.25, -0.2) is 9.78 Å². The minimum absolute atomic E-state index is 0.0360. The van der Waals surface area contributed by atoms with Crippen LogP contribution in [0.3, 0.4) is 0 Å². The summed E-state index contributed by atoms with van der Waals surface area (Å²) in [4.78, 5) is 24.6. The normalized spacial score (nSPS) is 13.2. The van der Waals surface area contributed by atoms with Crippen molar-refractivity contribution in [1.29, 1.82) is 0 Å². The summed E-state index contributed by atoms with van der Waals surface area (Å²) < 4.78 is 4.88. The highest BCUT2D eigenvalue weighted by Crippen LogP contribution is 2.27. The first kappa shape index (κ1) is 13.8. The fourth-order valence-corrected chi connectivity index (χ4v) is 1.59. The average Bonchev–Trinajstić information content (AvgIpc) is 3.16. The zero-order chi connectivity index (χ0) is 14.5. The van der Waals surface area contributed by atoms with E-state index in [-0.39, 0.29) is 17.5 Å². The molecule has 2 aromatic rings. The smallest absolute Gasteiger partial charge is 0.355 e. The molecule has 6 heteroatoms. The number of hydrogen-bond acceptors (Lipinski definition) is 4. The van der Waals surface area contributed by atoms with E-state index in [1.807, 2.05) is 0 Å². The molecule has 1 saturated carbocycles. The third-order valence-electron chi connectivity index (χ3n) is 2.82. The number of nitrogens with zero attached hydrogens (tertiary/aromatic N) is 1. The van der Waals surface area contributed by atoms with Crippen LogP contribution in [0.2, 0.25) is 0 Å². The molecule has 3 rings (SSSR count). The second kappa shape index (κ2) is 6.01. The van der Waals surface area contributed by atoms with Gasteiger partial charge in [-0.05, 0) is 25.0 Å². The Hall–Kier alpha value is -2.63. The quantitative estimate of drug-likeness (QED) is 0.889. The molecule has 0 aromatic carbocycles. The van der Waals surface area contributed by atoms with E-state index in [4.69, 9.17) is 15.3 Å². The van der Waals surface area contributed by atoms with Crippen LogP contribution in [0.25, 0.3) is 11.1 Å². The molecule has 0 atom stereocenters. The van der Waals surface area contributed by atoms with Crippen molar-refractivity contribution in [3.8, 4) is 11.1 Å². The van der Waals surface area contributed by atoms with Crippen molar-refractivity contribution in [2.75, 3.05) is 0 Å². The number of carboxylic acids is 1. The summed E-state index contributed by atoms with van der Waals surface area (Å²) in [7, 11) is 0. The van der Waals surface area contributed by atoms with Gasteiger partial charge in [-0.15, -0.1) is 0 Å². The molecule has 0 spiro atoms. The number of carbonyl (C=O) groups is 2. The van der Waals surface area contributed by atoms with Gasteiger partial charge in [-0.1, -0.05) is 6.07 Å². The van der Waals surface area contributed by atoms with E-state index in [1.54, 1.807) is 18.2 Å². The number of carboxylic acid groups (broad SMARTS) is 1. The van der Waals surface area contributed by atoms with Gasteiger partial charge in [0, 0.05) is 23.2 Å². The monoisotopic (exact) mass is 274 g/mol. The third-order valence-corrected chi connectivity index (χ3v) is 2.82. The van der Waals surface area contributed by atoms with Crippen molar-refractivity contribution in [2.45, 2.75) is 12.8 Å². The zero-order valence-corrected chi connectivity index (χ0v) is 10.7. The van der Waals surface area contributed by atoms with Gasteiger partial charge in [0.1, 0.15) is 0 Å². The van der Waals surface area contributed by atoms with Crippen molar-refractivity contribution in [2.24, 2.45) is 11.7 Å². The highest BCUT2D eigenvalue weighted by atomic mass is 16.4. The van der Waals surface area contributed by atoms with Crippen LogP contribution >= 0.6 is 0 Å². The van der Waals surface area contributed by atoms with E-state index in [1.165, 1.54) is 18.7 Å². The molecule has 0 radical (unpaired) electrons. The molecule has 2 heterocycles. The maximum atomic E-state index is 10.8. The van der Waals surface area contributed by atoms with Crippen molar-refractivity contribution < 1.29 is 19.1 Å². The van der Waals surface area contributed by atoms with Gasteiger partial charge >= 0.3 is 5.97 Å². The van der Waals surface area contributed by atoms with Crippen LogP contribution in [0.1, 0.15) is 23.3 Å². The van der Waals surface area contributed by atoms with Gasteiger partial charge in [0.2, 0.25) is 5.91 Å². The van der Waals surface area contributed by atoms with Gasteiger partial charge < -0.3 is 15.3 Å². The van der Waals surface area contributed by atoms with E-state index in [0.717, 1.165) is 18.4 Å². The SMILES string of the molecule is NC(=O)C1CC1.O=C(O)c1ncccc1-c1ccoc1. The lowest BCUT2D eigenvalue weighted by Gasteiger charge is -2.00. The van der Waals surface area contributed by atoms with Crippen LogP contribution < -0.4 is 5.73 Å². The predicted octanol–water partition coefficient (Wildman–Crippen LogP) is 1.92. The summed E-state index contributed by atoms with van der Waals surface area (Å²) in [6.45, 7) is 0. The predicted molar refractivity (Wildman–Crippen MR) is 70.8 cm³/mol. The van der Waals surface area contributed by atoms with Gasteiger partial charge in [0.15, 0.2) is 5.69 Å². The summed E-state index contributed by atoms with van der Waals surface area (Å²) in [6, 6.07) is 5.08. The van der Waals surface area contributed by atoms with Crippen LogP contribution in [0.5, 0.6) is 0 Å². The van der Waals surface area contributed by atoms with Gasteiger partial charge in [0.25, 0.3) is 0 Å².